The van der Waals surface area contributed by atoms with Gasteiger partial charge in [-0.05, 0) is 70.0 Å². The summed E-state index contributed by atoms with van der Waals surface area (Å²) in [4.78, 5) is 10.6. The molecule has 0 saturated carbocycles. The number of benzene rings is 5. The topological polar surface area (TPSA) is 30.7 Å². The van der Waals surface area contributed by atoms with E-state index in [4.69, 9.17) is 9.97 Å². The van der Waals surface area contributed by atoms with Gasteiger partial charge in [-0.2, -0.15) is 0 Å². The highest BCUT2D eigenvalue weighted by atomic mass is 15.2. The molecule has 5 aromatic carbocycles. The zero-order valence-electron chi connectivity index (χ0n) is 26.0. The zero-order valence-corrected chi connectivity index (χ0v) is 26.0. The molecule has 2 aliphatic carbocycles. The van der Waals surface area contributed by atoms with E-state index in [1.54, 1.807) is 0 Å². The predicted molar refractivity (Wildman–Crippen MR) is 191 cm³/mol. The normalized spacial score (nSPS) is 14.8. The number of hydrogen-bond acceptors (Lipinski definition) is 2. The van der Waals surface area contributed by atoms with E-state index in [-0.39, 0.29) is 5.41 Å². The highest BCUT2D eigenvalue weighted by Crippen LogP contribution is 2.53. The first-order valence-corrected chi connectivity index (χ1v) is 16.2. The third-order valence-electron chi connectivity index (χ3n) is 9.90. The first-order valence-electron chi connectivity index (χ1n) is 16.2. The first-order chi connectivity index (χ1) is 22.6. The Morgan fingerprint density at radius 3 is 2.17 bits per heavy atom. The minimum Gasteiger partial charge on any atom is -0.278 e. The minimum absolute atomic E-state index is 0.131. The molecule has 220 valence electrons. The molecule has 0 aliphatic heterocycles. The maximum Gasteiger partial charge on any atom is 0.235 e. The molecule has 0 N–H and O–H groups in total. The fraction of sp³-hybridized carbons (Fsp3) is 0.116. The van der Waals surface area contributed by atoms with Crippen molar-refractivity contribution in [1.82, 2.24) is 14.5 Å². The van der Waals surface area contributed by atoms with Crippen LogP contribution in [0.4, 0.5) is 0 Å². The van der Waals surface area contributed by atoms with Crippen molar-refractivity contribution in [3.8, 4) is 39.5 Å². The van der Waals surface area contributed by atoms with E-state index in [2.05, 4.69) is 158 Å². The summed E-state index contributed by atoms with van der Waals surface area (Å²) in [6.45, 7) is 4.72. The second-order valence-corrected chi connectivity index (χ2v) is 12.9. The van der Waals surface area contributed by atoms with Gasteiger partial charge in [-0.1, -0.05) is 135 Å². The molecule has 0 amide bonds. The van der Waals surface area contributed by atoms with E-state index < -0.39 is 0 Å². The van der Waals surface area contributed by atoms with Crippen molar-refractivity contribution in [2.24, 2.45) is 0 Å². The Labute approximate surface area is 269 Å². The number of allylic oxidation sites excluding steroid dienone is 4. The van der Waals surface area contributed by atoms with Crippen LogP contribution in [0.15, 0.2) is 140 Å². The Balaban J connectivity index is 1.29. The maximum atomic E-state index is 5.32. The van der Waals surface area contributed by atoms with Gasteiger partial charge in [-0.25, -0.2) is 9.97 Å². The van der Waals surface area contributed by atoms with E-state index in [9.17, 15) is 0 Å². The molecule has 0 unspecified atom stereocenters. The van der Waals surface area contributed by atoms with Crippen LogP contribution >= 0.6 is 0 Å². The lowest BCUT2D eigenvalue weighted by Crippen LogP contribution is -2.15. The SMILES string of the molecule is CC1(C)c2ccccc2-c2ccc3c(c21)c1ccccc1n3-c1nc(C2=CC=CCC2)cc(-c2ccc(-c3ccccc3)cc2)n1. The Bertz CT molecular complexity index is 2370. The van der Waals surface area contributed by atoms with Crippen molar-refractivity contribution >= 4 is 27.4 Å². The molecule has 0 fully saturated rings. The largest absolute Gasteiger partial charge is 0.278 e. The first kappa shape index (κ1) is 26.8. The summed E-state index contributed by atoms with van der Waals surface area (Å²) in [6, 6.07) is 43.6. The summed E-state index contributed by atoms with van der Waals surface area (Å²) in [7, 11) is 0. The van der Waals surface area contributed by atoms with Crippen LogP contribution in [0.5, 0.6) is 0 Å². The number of para-hydroxylation sites is 1. The Hall–Kier alpha value is -5.54. The van der Waals surface area contributed by atoms with Crippen molar-refractivity contribution < 1.29 is 0 Å². The fourth-order valence-corrected chi connectivity index (χ4v) is 7.67. The number of nitrogens with zero attached hydrogens (tertiary/aromatic N) is 3. The number of aromatic nitrogens is 3. The maximum absolute atomic E-state index is 5.32. The summed E-state index contributed by atoms with van der Waals surface area (Å²) in [5, 5.41) is 2.52. The predicted octanol–water partition coefficient (Wildman–Crippen LogP) is 10.9. The van der Waals surface area contributed by atoms with Gasteiger partial charge in [-0.15, -0.1) is 0 Å². The summed E-state index contributed by atoms with van der Waals surface area (Å²) in [6.07, 6.45) is 8.56. The third kappa shape index (κ3) is 4.05. The molecule has 3 nitrogen and oxygen atoms in total. The lowest BCUT2D eigenvalue weighted by atomic mass is 9.80. The van der Waals surface area contributed by atoms with Crippen LogP contribution in [-0.4, -0.2) is 14.5 Å². The van der Waals surface area contributed by atoms with Gasteiger partial charge in [0.15, 0.2) is 0 Å². The van der Waals surface area contributed by atoms with Crippen molar-refractivity contribution in [1.29, 1.82) is 0 Å². The lowest BCUT2D eigenvalue weighted by Gasteiger charge is -2.22. The molecular weight excluding hydrogens is 558 g/mol. The summed E-state index contributed by atoms with van der Waals surface area (Å²) < 4.78 is 2.29. The number of fused-ring (bicyclic) bond motifs is 7. The smallest absolute Gasteiger partial charge is 0.235 e. The fourth-order valence-electron chi connectivity index (χ4n) is 7.67. The highest BCUT2D eigenvalue weighted by Gasteiger charge is 2.38. The zero-order chi connectivity index (χ0) is 30.8. The van der Waals surface area contributed by atoms with Crippen molar-refractivity contribution in [3.05, 3.63) is 156 Å². The van der Waals surface area contributed by atoms with Crippen molar-refractivity contribution in [2.75, 3.05) is 0 Å². The van der Waals surface area contributed by atoms with Crippen LogP contribution in [0.2, 0.25) is 0 Å². The highest BCUT2D eigenvalue weighted by molar-refractivity contribution is 6.14. The standard InChI is InChI=1S/C43H33N3/c1-43(2)35-19-11-9-17-32(35)33-25-26-39-40(41(33)43)34-18-10-12-20-38(34)46(39)42-44-36(30-15-7-4-8-16-30)27-37(45-42)31-23-21-29(22-24-31)28-13-5-3-6-14-28/h3-7,9-15,17-27H,8,16H2,1-2H3. The van der Waals surface area contributed by atoms with Crippen molar-refractivity contribution in [3.63, 3.8) is 0 Å². The van der Waals surface area contributed by atoms with Gasteiger partial charge in [0.05, 0.1) is 22.4 Å². The van der Waals surface area contributed by atoms with Crippen LogP contribution in [0.25, 0.3) is 66.8 Å². The van der Waals surface area contributed by atoms with Gasteiger partial charge >= 0.3 is 0 Å². The van der Waals surface area contributed by atoms with E-state index in [0.717, 1.165) is 40.8 Å². The molecule has 2 heterocycles. The Kier molecular flexibility index (Phi) is 5.98. The van der Waals surface area contributed by atoms with Crippen LogP contribution in [0.1, 0.15) is 43.5 Å². The molecule has 0 spiro atoms. The average molecular weight is 592 g/mol. The van der Waals surface area contributed by atoms with E-state index in [1.807, 2.05) is 0 Å². The number of hydrogen-bond donors (Lipinski definition) is 0. The average Bonchev–Trinajstić information content (AvgIpc) is 3.57. The van der Waals surface area contributed by atoms with E-state index >= 15 is 0 Å². The second-order valence-electron chi connectivity index (χ2n) is 12.9. The monoisotopic (exact) mass is 591 g/mol. The Morgan fingerprint density at radius 2 is 1.35 bits per heavy atom. The van der Waals surface area contributed by atoms with Crippen LogP contribution in [0, 0.1) is 0 Å². The van der Waals surface area contributed by atoms with Gasteiger partial charge in [0.25, 0.3) is 0 Å². The quantitative estimate of drug-likeness (QED) is 0.204. The molecule has 0 bridgehead atoms. The molecule has 9 rings (SSSR count). The summed E-state index contributed by atoms with van der Waals surface area (Å²) in [5.41, 5.74) is 14.2. The molecular formula is C43H33N3. The van der Waals surface area contributed by atoms with Gasteiger partial charge < -0.3 is 0 Å². The van der Waals surface area contributed by atoms with Crippen LogP contribution in [-0.2, 0) is 5.41 Å². The molecule has 0 radical (unpaired) electrons. The van der Waals surface area contributed by atoms with E-state index in [1.165, 1.54) is 49.7 Å². The summed E-state index contributed by atoms with van der Waals surface area (Å²) in [5.74, 6) is 0.703. The molecule has 0 saturated heterocycles. The molecule has 0 atom stereocenters. The van der Waals surface area contributed by atoms with Crippen LogP contribution in [0.3, 0.4) is 0 Å². The van der Waals surface area contributed by atoms with Gasteiger partial charge in [0, 0.05) is 21.8 Å². The third-order valence-corrected chi connectivity index (χ3v) is 9.90. The van der Waals surface area contributed by atoms with Gasteiger partial charge in [0.1, 0.15) is 0 Å². The second kappa shape index (κ2) is 10.3. The number of rotatable bonds is 4. The Morgan fingerprint density at radius 1 is 0.630 bits per heavy atom. The molecule has 2 aliphatic rings. The molecule has 46 heavy (non-hydrogen) atoms. The molecule has 3 heteroatoms. The van der Waals surface area contributed by atoms with Crippen molar-refractivity contribution in [2.45, 2.75) is 32.1 Å². The lowest BCUT2D eigenvalue weighted by molar-refractivity contribution is 0.666. The summed E-state index contributed by atoms with van der Waals surface area (Å²) >= 11 is 0. The minimum atomic E-state index is -0.131. The molecule has 2 aromatic heterocycles. The van der Waals surface area contributed by atoms with Gasteiger partial charge in [0.2, 0.25) is 5.95 Å². The van der Waals surface area contributed by atoms with Gasteiger partial charge in [-0.3, -0.25) is 4.57 Å². The molecule has 7 aromatic rings. The van der Waals surface area contributed by atoms with Crippen LogP contribution < -0.4 is 0 Å². The van der Waals surface area contributed by atoms with E-state index in [0.29, 0.717) is 5.95 Å².